The Morgan fingerprint density at radius 2 is 2.53 bits per heavy atom. The molecule has 0 spiro atoms. The van der Waals surface area contributed by atoms with Crippen LogP contribution in [0.1, 0.15) is 12.8 Å². The number of nitrogens with two attached hydrogens (primary N) is 1. The summed E-state index contributed by atoms with van der Waals surface area (Å²) in [5, 5.41) is 3.85. The van der Waals surface area contributed by atoms with Crippen LogP contribution in [-0.4, -0.2) is 24.2 Å². The minimum atomic E-state index is 0.425. The summed E-state index contributed by atoms with van der Waals surface area (Å²) in [7, 11) is 0. The number of rotatable bonds is 3. The molecule has 15 heavy (non-hydrogen) atoms. The van der Waals surface area contributed by atoms with E-state index in [4.69, 9.17) is 22.1 Å². The topological polar surface area (TPSA) is 60.2 Å². The van der Waals surface area contributed by atoms with Crippen molar-refractivity contribution in [3.8, 4) is 5.75 Å². The molecule has 1 fully saturated rings. The predicted octanol–water partition coefficient (Wildman–Crippen LogP) is 1.45. The Bertz CT molecular complexity index is 339. The smallest absolute Gasteiger partial charge is 0.143 e. The van der Waals surface area contributed by atoms with Crippen LogP contribution in [0.3, 0.4) is 0 Å². The van der Waals surface area contributed by atoms with Crippen LogP contribution >= 0.6 is 11.6 Å². The van der Waals surface area contributed by atoms with E-state index in [1.165, 1.54) is 12.6 Å². The zero-order valence-electron chi connectivity index (χ0n) is 8.37. The summed E-state index contributed by atoms with van der Waals surface area (Å²) >= 11 is 5.92. The minimum absolute atomic E-state index is 0.425. The zero-order chi connectivity index (χ0) is 10.7. The fourth-order valence-corrected chi connectivity index (χ4v) is 1.79. The number of ether oxygens (including phenoxy) is 1. The molecule has 0 saturated carbocycles. The van der Waals surface area contributed by atoms with Gasteiger partial charge in [0.25, 0.3) is 0 Å². The summed E-state index contributed by atoms with van der Waals surface area (Å²) in [6.45, 7) is 1.70. The third-order valence-corrected chi connectivity index (χ3v) is 2.73. The van der Waals surface area contributed by atoms with Gasteiger partial charge in [-0.3, -0.25) is 0 Å². The molecule has 0 amide bonds. The van der Waals surface area contributed by atoms with Crippen LogP contribution in [-0.2, 0) is 0 Å². The van der Waals surface area contributed by atoms with Crippen molar-refractivity contribution in [1.82, 2.24) is 10.3 Å². The van der Waals surface area contributed by atoms with Crippen LogP contribution in [0.15, 0.2) is 12.3 Å². The molecule has 2 heterocycles. The van der Waals surface area contributed by atoms with Gasteiger partial charge in [-0.25, -0.2) is 4.98 Å². The number of aromatic nitrogens is 1. The second-order valence-corrected chi connectivity index (χ2v) is 4.05. The van der Waals surface area contributed by atoms with E-state index in [1.54, 1.807) is 6.07 Å². The zero-order valence-corrected chi connectivity index (χ0v) is 9.13. The number of hydrogen-bond acceptors (Lipinski definition) is 4. The van der Waals surface area contributed by atoms with Gasteiger partial charge < -0.3 is 15.8 Å². The molecule has 1 aliphatic rings. The predicted molar refractivity (Wildman–Crippen MR) is 60.2 cm³/mol. The largest absolute Gasteiger partial charge is 0.490 e. The molecular weight excluding hydrogens is 214 g/mol. The molecule has 1 aromatic rings. The lowest BCUT2D eigenvalue weighted by Crippen LogP contribution is -2.28. The Morgan fingerprint density at radius 3 is 3.27 bits per heavy atom. The van der Waals surface area contributed by atoms with Gasteiger partial charge in [-0.15, -0.1) is 0 Å². The highest BCUT2D eigenvalue weighted by Crippen LogP contribution is 2.25. The molecule has 1 atom stereocenters. The first-order valence-electron chi connectivity index (χ1n) is 5.03. The number of pyridine rings is 1. The molecule has 4 nitrogen and oxygen atoms in total. The first-order chi connectivity index (χ1) is 7.25. The Labute approximate surface area is 93.8 Å². The molecule has 1 aliphatic heterocycles. The van der Waals surface area contributed by atoms with Crippen LogP contribution in [0, 0.1) is 0 Å². The molecular formula is C10H14ClN3O. The molecule has 5 heteroatoms. The summed E-state index contributed by atoms with van der Waals surface area (Å²) in [5.41, 5.74) is 5.55. The lowest BCUT2D eigenvalue weighted by Gasteiger charge is -2.13. The van der Waals surface area contributed by atoms with Crippen molar-refractivity contribution < 1.29 is 4.74 Å². The highest BCUT2D eigenvalue weighted by atomic mass is 35.5. The fraction of sp³-hybridized carbons (Fsp3) is 0.500. The fourth-order valence-electron chi connectivity index (χ4n) is 1.64. The van der Waals surface area contributed by atoms with Gasteiger partial charge in [0.15, 0.2) is 0 Å². The van der Waals surface area contributed by atoms with E-state index in [0.29, 0.717) is 29.2 Å². The first-order valence-corrected chi connectivity index (χ1v) is 5.40. The Kier molecular flexibility index (Phi) is 3.28. The number of hydrogen-bond donors (Lipinski definition) is 2. The number of nitrogen functional groups attached to an aromatic ring is 1. The summed E-state index contributed by atoms with van der Waals surface area (Å²) in [6.07, 6.45) is 3.87. The van der Waals surface area contributed by atoms with Gasteiger partial charge in [-0.2, -0.15) is 0 Å². The van der Waals surface area contributed by atoms with E-state index < -0.39 is 0 Å². The van der Waals surface area contributed by atoms with Crippen molar-refractivity contribution in [2.24, 2.45) is 0 Å². The van der Waals surface area contributed by atoms with E-state index in [9.17, 15) is 0 Å². The maximum atomic E-state index is 5.92. The second-order valence-electron chi connectivity index (χ2n) is 3.64. The maximum Gasteiger partial charge on any atom is 0.143 e. The van der Waals surface area contributed by atoms with E-state index in [2.05, 4.69) is 10.3 Å². The van der Waals surface area contributed by atoms with Crippen LogP contribution in [0.2, 0.25) is 5.02 Å². The van der Waals surface area contributed by atoms with E-state index in [-0.39, 0.29) is 0 Å². The van der Waals surface area contributed by atoms with Crippen LogP contribution < -0.4 is 15.8 Å². The average molecular weight is 228 g/mol. The van der Waals surface area contributed by atoms with Crippen molar-refractivity contribution in [2.75, 3.05) is 18.9 Å². The van der Waals surface area contributed by atoms with E-state index in [0.717, 1.165) is 13.0 Å². The third-order valence-electron chi connectivity index (χ3n) is 2.44. The Hall–Kier alpha value is -1.00. The molecule has 0 unspecified atom stereocenters. The first kappa shape index (κ1) is 10.5. The number of nitrogens with zero attached hydrogens (tertiary/aromatic N) is 1. The highest BCUT2D eigenvalue weighted by Gasteiger charge is 2.15. The van der Waals surface area contributed by atoms with Crippen molar-refractivity contribution >= 4 is 17.4 Å². The van der Waals surface area contributed by atoms with Gasteiger partial charge in [0.2, 0.25) is 0 Å². The average Bonchev–Trinajstić information content (AvgIpc) is 2.72. The van der Waals surface area contributed by atoms with E-state index >= 15 is 0 Å². The molecule has 0 radical (unpaired) electrons. The molecule has 82 valence electrons. The van der Waals surface area contributed by atoms with E-state index in [1.807, 2.05) is 0 Å². The minimum Gasteiger partial charge on any atom is -0.490 e. The molecule has 0 aliphatic carbocycles. The Morgan fingerprint density at radius 1 is 1.67 bits per heavy atom. The van der Waals surface area contributed by atoms with Gasteiger partial charge in [0.05, 0.1) is 6.20 Å². The summed E-state index contributed by atoms with van der Waals surface area (Å²) in [4.78, 5) is 3.87. The number of halogens is 1. The number of nitrogens with one attached hydrogen (secondary N) is 1. The monoisotopic (exact) mass is 227 g/mol. The summed E-state index contributed by atoms with van der Waals surface area (Å²) in [6, 6.07) is 2.08. The number of anilines is 1. The maximum absolute atomic E-state index is 5.92. The highest BCUT2D eigenvalue weighted by molar-refractivity contribution is 6.31. The molecule has 0 bridgehead atoms. The lowest BCUT2D eigenvalue weighted by atomic mass is 10.2. The van der Waals surface area contributed by atoms with Crippen LogP contribution in [0.5, 0.6) is 5.75 Å². The molecule has 0 aromatic carbocycles. The quantitative estimate of drug-likeness (QED) is 0.821. The van der Waals surface area contributed by atoms with Crippen molar-refractivity contribution in [3.05, 3.63) is 17.3 Å². The van der Waals surface area contributed by atoms with Gasteiger partial charge >= 0.3 is 0 Å². The molecule has 3 N–H and O–H groups in total. The molecule has 1 aromatic heterocycles. The van der Waals surface area contributed by atoms with Gasteiger partial charge in [-0.1, -0.05) is 11.6 Å². The molecule has 1 saturated heterocycles. The van der Waals surface area contributed by atoms with Crippen molar-refractivity contribution in [2.45, 2.75) is 18.9 Å². The lowest BCUT2D eigenvalue weighted by molar-refractivity contribution is 0.277. The summed E-state index contributed by atoms with van der Waals surface area (Å²) in [5.74, 6) is 1.03. The standard InChI is InChI=1S/C10H14ClN3O/c11-8-5-14-10(12)4-9(8)15-6-7-2-1-3-13-7/h4-5,7,13H,1-3,6H2,(H2,12,14)/t7-/m0/s1. The normalized spacial score (nSPS) is 20.5. The van der Waals surface area contributed by atoms with Gasteiger partial charge in [-0.05, 0) is 19.4 Å². The second kappa shape index (κ2) is 4.68. The molecule has 2 rings (SSSR count). The SMILES string of the molecule is Nc1cc(OC[C@@H]2CCCN2)c(Cl)cn1. The van der Waals surface area contributed by atoms with Crippen LogP contribution in [0.25, 0.3) is 0 Å². The Balaban J connectivity index is 1.94. The van der Waals surface area contributed by atoms with Crippen molar-refractivity contribution in [3.63, 3.8) is 0 Å². The third kappa shape index (κ3) is 2.73. The van der Waals surface area contributed by atoms with Gasteiger partial charge in [0.1, 0.15) is 23.2 Å². The van der Waals surface area contributed by atoms with Crippen molar-refractivity contribution in [1.29, 1.82) is 0 Å². The summed E-state index contributed by atoms with van der Waals surface area (Å²) < 4.78 is 5.59. The van der Waals surface area contributed by atoms with Gasteiger partial charge in [0, 0.05) is 12.1 Å². The van der Waals surface area contributed by atoms with Crippen LogP contribution in [0.4, 0.5) is 5.82 Å².